The van der Waals surface area contributed by atoms with Crippen molar-refractivity contribution >= 4 is 23.5 Å². The summed E-state index contributed by atoms with van der Waals surface area (Å²) in [6.45, 7) is 5.70. The molecule has 0 bridgehead atoms. The predicted molar refractivity (Wildman–Crippen MR) is 94.3 cm³/mol. The van der Waals surface area contributed by atoms with Gasteiger partial charge in [0.25, 0.3) is 5.22 Å². The molecular formula is C17H18N4O3S. The first kappa shape index (κ1) is 17.2. The van der Waals surface area contributed by atoms with Gasteiger partial charge in [-0.3, -0.25) is 4.79 Å². The van der Waals surface area contributed by atoms with Crippen LogP contribution in [0.5, 0.6) is 0 Å². The third-order valence-corrected chi connectivity index (χ3v) is 4.69. The van der Waals surface area contributed by atoms with Gasteiger partial charge < -0.3 is 14.3 Å². The number of rotatable bonds is 6. The summed E-state index contributed by atoms with van der Waals surface area (Å²) < 4.78 is 10.6. The van der Waals surface area contributed by atoms with E-state index in [9.17, 15) is 4.79 Å². The fourth-order valence-corrected chi connectivity index (χ4v) is 2.94. The lowest BCUT2D eigenvalue weighted by Gasteiger charge is -2.10. The molecule has 1 amide bonds. The molecule has 3 rings (SSSR count). The SMILES string of the molecule is CC[C@H](Sc1nnc(-c2ccc(C)cc2)o1)C(=O)Nc1cc(C)on1. The van der Waals surface area contributed by atoms with Gasteiger partial charge >= 0.3 is 0 Å². The van der Waals surface area contributed by atoms with Gasteiger partial charge in [-0.15, -0.1) is 10.2 Å². The third kappa shape index (κ3) is 4.27. The van der Waals surface area contributed by atoms with Gasteiger partial charge in [-0.25, -0.2) is 0 Å². The second-order valence-corrected chi connectivity index (χ2v) is 6.72. The van der Waals surface area contributed by atoms with Crippen LogP contribution in [0.3, 0.4) is 0 Å². The zero-order valence-electron chi connectivity index (χ0n) is 14.1. The lowest BCUT2D eigenvalue weighted by molar-refractivity contribution is -0.115. The Balaban J connectivity index is 1.67. The highest BCUT2D eigenvalue weighted by molar-refractivity contribution is 8.00. The van der Waals surface area contributed by atoms with Crippen molar-refractivity contribution in [2.75, 3.05) is 5.32 Å². The molecule has 2 heterocycles. The highest BCUT2D eigenvalue weighted by Crippen LogP contribution is 2.28. The van der Waals surface area contributed by atoms with Gasteiger partial charge in [-0.2, -0.15) is 0 Å². The van der Waals surface area contributed by atoms with E-state index in [1.165, 1.54) is 11.8 Å². The highest BCUT2D eigenvalue weighted by atomic mass is 32.2. The minimum atomic E-state index is -0.372. The summed E-state index contributed by atoms with van der Waals surface area (Å²) in [4.78, 5) is 12.4. The van der Waals surface area contributed by atoms with Crippen LogP contribution in [0.2, 0.25) is 0 Å². The van der Waals surface area contributed by atoms with Crippen molar-refractivity contribution in [3.63, 3.8) is 0 Å². The molecule has 2 aromatic heterocycles. The van der Waals surface area contributed by atoms with E-state index >= 15 is 0 Å². The number of nitrogens with one attached hydrogen (secondary N) is 1. The largest absolute Gasteiger partial charge is 0.411 e. The molecule has 3 aromatic rings. The molecular weight excluding hydrogens is 340 g/mol. The van der Waals surface area contributed by atoms with E-state index in [2.05, 4.69) is 20.7 Å². The molecule has 7 nitrogen and oxygen atoms in total. The Morgan fingerprint density at radius 3 is 2.64 bits per heavy atom. The molecule has 0 aliphatic heterocycles. The van der Waals surface area contributed by atoms with Crippen molar-refractivity contribution < 1.29 is 13.7 Å². The topological polar surface area (TPSA) is 94.0 Å². The fourth-order valence-electron chi connectivity index (χ4n) is 2.15. The van der Waals surface area contributed by atoms with Crippen LogP contribution in [-0.4, -0.2) is 26.5 Å². The quantitative estimate of drug-likeness (QED) is 0.669. The second-order valence-electron chi connectivity index (χ2n) is 5.57. The van der Waals surface area contributed by atoms with E-state index in [1.54, 1.807) is 13.0 Å². The molecule has 0 saturated carbocycles. The molecule has 8 heteroatoms. The van der Waals surface area contributed by atoms with E-state index < -0.39 is 0 Å². The van der Waals surface area contributed by atoms with Gasteiger partial charge in [-0.05, 0) is 32.4 Å². The average Bonchev–Trinajstić information content (AvgIpc) is 3.22. The smallest absolute Gasteiger partial charge is 0.277 e. The summed E-state index contributed by atoms with van der Waals surface area (Å²) in [5.41, 5.74) is 2.00. The van der Waals surface area contributed by atoms with Crippen molar-refractivity contribution in [2.24, 2.45) is 0 Å². The van der Waals surface area contributed by atoms with Crippen molar-refractivity contribution in [1.82, 2.24) is 15.4 Å². The maximum atomic E-state index is 12.4. The molecule has 0 saturated heterocycles. The van der Waals surface area contributed by atoms with E-state index in [0.29, 0.717) is 29.1 Å². The molecule has 0 aliphatic rings. The Hall–Kier alpha value is -2.61. The summed E-state index contributed by atoms with van der Waals surface area (Å²) in [7, 11) is 0. The van der Waals surface area contributed by atoms with Crippen LogP contribution in [-0.2, 0) is 4.79 Å². The average molecular weight is 358 g/mol. The van der Waals surface area contributed by atoms with Gasteiger partial charge in [0.2, 0.25) is 11.8 Å². The van der Waals surface area contributed by atoms with Crippen LogP contribution in [0.15, 0.2) is 44.5 Å². The number of amides is 1. The van der Waals surface area contributed by atoms with Gasteiger partial charge in [0.05, 0.1) is 5.25 Å². The first-order chi connectivity index (χ1) is 12.0. The number of nitrogens with zero attached hydrogens (tertiary/aromatic N) is 3. The zero-order chi connectivity index (χ0) is 17.8. The Morgan fingerprint density at radius 2 is 2.00 bits per heavy atom. The molecule has 1 N–H and O–H groups in total. The maximum Gasteiger partial charge on any atom is 0.277 e. The van der Waals surface area contributed by atoms with Gasteiger partial charge in [0, 0.05) is 11.6 Å². The lowest BCUT2D eigenvalue weighted by atomic mass is 10.1. The van der Waals surface area contributed by atoms with E-state index in [-0.39, 0.29) is 11.2 Å². The third-order valence-electron chi connectivity index (χ3n) is 3.49. The standard InChI is InChI=1S/C17H18N4O3S/c1-4-13(15(22)18-14-9-11(3)24-21-14)25-17-20-19-16(23-17)12-7-5-10(2)6-8-12/h5-9,13H,4H2,1-3H3,(H,18,21,22)/t13-/m0/s1. The van der Waals surface area contributed by atoms with Crippen LogP contribution < -0.4 is 5.32 Å². The van der Waals surface area contributed by atoms with E-state index in [0.717, 1.165) is 11.1 Å². The Bertz CT molecular complexity index is 857. The zero-order valence-corrected chi connectivity index (χ0v) is 15.0. The first-order valence-corrected chi connectivity index (χ1v) is 8.74. The minimum absolute atomic E-state index is 0.184. The number of aryl methyl sites for hydroxylation is 2. The highest BCUT2D eigenvalue weighted by Gasteiger charge is 2.22. The number of anilines is 1. The van der Waals surface area contributed by atoms with Crippen LogP contribution in [0, 0.1) is 13.8 Å². The van der Waals surface area contributed by atoms with Crippen LogP contribution in [0.25, 0.3) is 11.5 Å². The second kappa shape index (κ2) is 7.52. The number of hydrogen-bond donors (Lipinski definition) is 1. The molecule has 0 radical (unpaired) electrons. The van der Waals surface area contributed by atoms with E-state index in [1.807, 2.05) is 38.1 Å². The Labute approximate surface area is 149 Å². The number of thioether (sulfide) groups is 1. The molecule has 25 heavy (non-hydrogen) atoms. The van der Waals surface area contributed by atoms with Gasteiger partial charge in [0.15, 0.2) is 5.82 Å². The van der Waals surface area contributed by atoms with Crippen LogP contribution in [0.4, 0.5) is 5.82 Å². The van der Waals surface area contributed by atoms with Crippen LogP contribution in [0.1, 0.15) is 24.7 Å². The minimum Gasteiger partial charge on any atom is -0.411 e. The normalized spacial score (nSPS) is 12.1. The monoisotopic (exact) mass is 358 g/mol. The molecule has 0 spiro atoms. The maximum absolute atomic E-state index is 12.4. The number of aromatic nitrogens is 3. The van der Waals surface area contributed by atoms with Crippen molar-refractivity contribution in [3.8, 4) is 11.5 Å². The first-order valence-electron chi connectivity index (χ1n) is 7.86. The van der Waals surface area contributed by atoms with E-state index in [4.69, 9.17) is 8.94 Å². The van der Waals surface area contributed by atoms with Crippen molar-refractivity contribution in [3.05, 3.63) is 41.7 Å². The summed E-state index contributed by atoms with van der Waals surface area (Å²) in [6.07, 6.45) is 0.607. The summed E-state index contributed by atoms with van der Waals surface area (Å²) in [5.74, 6) is 1.28. The fraction of sp³-hybridized carbons (Fsp3) is 0.294. The molecule has 0 unspecified atom stereocenters. The van der Waals surface area contributed by atoms with Gasteiger partial charge in [0.1, 0.15) is 5.76 Å². The molecule has 130 valence electrons. The van der Waals surface area contributed by atoms with Crippen LogP contribution >= 0.6 is 11.8 Å². The Morgan fingerprint density at radius 1 is 1.24 bits per heavy atom. The summed E-state index contributed by atoms with van der Waals surface area (Å²) >= 11 is 1.23. The molecule has 1 aromatic carbocycles. The predicted octanol–water partition coefficient (Wildman–Crippen LogP) is 3.85. The number of carbonyl (C=O) groups excluding carboxylic acids is 1. The number of carbonyl (C=O) groups is 1. The summed E-state index contributed by atoms with van der Waals surface area (Å²) in [5, 5.41) is 14.6. The molecule has 1 atom stereocenters. The number of benzene rings is 1. The lowest BCUT2D eigenvalue weighted by Crippen LogP contribution is -2.24. The Kier molecular flexibility index (Phi) is 5.18. The van der Waals surface area contributed by atoms with Crippen molar-refractivity contribution in [1.29, 1.82) is 0 Å². The van der Waals surface area contributed by atoms with Crippen molar-refractivity contribution in [2.45, 2.75) is 37.7 Å². The molecule has 0 fully saturated rings. The van der Waals surface area contributed by atoms with Gasteiger partial charge in [-0.1, -0.05) is 41.5 Å². The number of hydrogen-bond acceptors (Lipinski definition) is 7. The molecule has 0 aliphatic carbocycles. The summed E-state index contributed by atoms with van der Waals surface area (Å²) in [6, 6.07) is 9.48.